The van der Waals surface area contributed by atoms with Gasteiger partial charge in [0.1, 0.15) is 9.63 Å². The van der Waals surface area contributed by atoms with E-state index in [9.17, 15) is 43.7 Å². The van der Waals surface area contributed by atoms with Crippen molar-refractivity contribution in [2.45, 2.75) is 23.3 Å². The second kappa shape index (κ2) is 3.50. The summed E-state index contributed by atoms with van der Waals surface area (Å²) in [6.07, 6.45) is -22.9. The zero-order valence-electron chi connectivity index (χ0n) is 8.11. The molecule has 0 radical (unpaired) electrons. The van der Waals surface area contributed by atoms with Gasteiger partial charge in [-0.3, -0.25) is 0 Å². The van der Waals surface area contributed by atoms with Crippen LogP contribution in [-0.2, 0) is 9.63 Å². The zero-order chi connectivity index (χ0) is 15.4. The van der Waals surface area contributed by atoms with E-state index in [2.05, 4.69) is 0 Å². The van der Waals surface area contributed by atoms with Gasteiger partial charge in [0.15, 0.2) is 0 Å². The van der Waals surface area contributed by atoms with Gasteiger partial charge in [-0.1, -0.05) is 0 Å². The van der Waals surface area contributed by atoms with Gasteiger partial charge in [0.05, 0.1) is 0 Å². The lowest BCUT2D eigenvalue weighted by molar-refractivity contribution is -0.351. The molecule has 112 valence electrons. The summed E-state index contributed by atoms with van der Waals surface area (Å²) in [5.74, 6) is 0. The molecule has 0 aromatic rings. The third-order valence-corrected chi connectivity index (χ3v) is 4.01. The Balaban J connectivity index is 6.82. The summed E-state index contributed by atoms with van der Waals surface area (Å²) in [5, 5.41) is 0. The van der Waals surface area contributed by atoms with Crippen molar-refractivity contribution in [1.82, 2.24) is 0 Å². The van der Waals surface area contributed by atoms with Crippen LogP contribution in [0, 0.1) is 0 Å². The fraction of sp³-hybridized carbons (Fsp3) is 1.00. The summed E-state index contributed by atoms with van der Waals surface area (Å²) in [6.45, 7) is 0. The number of halogens is 9. The highest BCUT2D eigenvalue weighted by molar-refractivity contribution is 8.11. The van der Waals surface area contributed by atoms with Crippen molar-refractivity contribution in [2.75, 3.05) is 6.26 Å². The fourth-order valence-electron chi connectivity index (χ4n) is 1.28. The third-order valence-electron chi connectivity index (χ3n) is 1.90. The van der Waals surface area contributed by atoms with Crippen molar-refractivity contribution < 1.29 is 52.8 Å². The number of rotatable bonds is 1. The van der Waals surface area contributed by atoms with E-state index >= 15 is 0 Å². The second-order valence-electron chi connectivity index (χ2n) is 3.41. The van der Waals surface area contributed by atoms with Crippen LogP contribution in [0.1, 0.15) is 0 Å². The van der Waals surface area contributed by atoms with E-state index in [1.54, 1.807) is 0 Å². The van der Waals surface area contributed by atoms with E-state index in [0.29, 0.717) is 0 Å². The van der Waals surface area contributed by atoms with Crippen LogP contribution in [0.4, 0.5) is 39.5 Å². The van der Waals surface area contributed by atoms with Crippen LogP contribution in [0.15, 0.2) is 0 Å². The molecule has 0 spiro atoms. The Hall–Kier alpha value is -0.560. The van der Waals surface area contributed by atoms with Crippen LogP contribution in [0.2, 0.25) is 0 Å². The quantitative estimate of drug-likeness (QED) is 0.732. The Morgan fingerprint density at radius 3 is 0.889 bits per heavy atom. The summed E-state index contributed by atoms with van der Waals surface area (Å²) >= 11 is 0. The lowest BCUT2D eigenvalue weighted by Gasteiger charge is -2.47. The topological polar surface area (TPSA) is 57.5 Å². The molecule has 0 bridgehead atoms. The minimum Gasteiger partial charge on any atom is -0.307 e. The maximum absolute atomic E-state index is 12.2. The molecule has 0 atom stereocenters. The predicted molar refractivity (Wildman–Crippen MR) is 40.2 cm³/mol. The lowest BCUT2D eigenvalue weighted by atomic mass is 10.1. The largest absolute Gasteiger partial charge is 0.426 e. The molecule has 0 aromatic carbocycles. The molecule has 3 nitrogen and oxygen atoms in total. The molecule has 0 aliphatic rings. The summed E-state index contributed by atoms with van der Waals surface area (Å²) in [6, 6.07) is 0. The lowest BCUT2D eigenvalue weighted by Crippen LogP contribution is -2.77. The van der Waals surface area contributed by atoms with E-state index in [4.69, 9.17) is 9.11 Å². The van der Waals surface area contributed by atoms with E-state index in [-0.39, 0.29) is 0 Å². The van der Waals surface area contributed by atoms with Gasteiger partial charge < -0.3 is 9.11 Å². The highest BCUT2D eigenvalue weighted by atomic mass is 32.3. The molecule has 0 amide bonds. The molecule has 0 rings (SSSR count). The van der Waals surface area contributed by atoms with Gasteiger partial charge in [-0.25, -0.2) is 4.21 Å². The van der Waals surface area contributed by atoms with Crippen LogP contribution >= 0.6 is 0 Å². The summed E-state index contributed by atoms with van der Waals surface area (Å²) in [4.78, 5) is 0. The van der Waals surface area contributed by atoms with Crippen LogP contribution in [0.25, 0.3) is 0 Å². The monoisotopic (exact) mass is 316 g/mol. The molecule has 0 saturated carbocycles. The average Bonchev–Trinajstić information content (AvgIpc) is 1.64. The first kappa shape index (κ1) is 17.4. The van der Waals surface area contributed by atoms with Crippen LogP contribution in [-0.4, -0.2) is 42.8 Å². The first-order valence-corrected chi connectivity index (χ1v) is 5.88. The van der Waals surface area contributed by atoms with Crippen LogP contribution < -0.4 is 0 Å². The zero-order valence-corrected chi connectivity index (χ0v) is 8.93. The van der Waals surface area contributed by atoms with Gasteiger partial charge in [0, 0.05) is 6.26 Å². The first-order chi connectivity index (χ1) is 7.26. The van der Waals surface area contributed by atoms with Crippen molar-refractivity contribution >= 4 is 9.63 Å². The summed E-state index contributed by atoms with van der Waals surface area (Å²) in [5.41, 5.74) is 0. The van der Waals surface area contributed by atoms with E-state index in [1.165, 1.54) is 0 Å². The number of alkyl halides is 9. The molecule has 0 heterocycles. The molecule has 2 N–H and O–H groups in total. The Kier molecular flexibility index (Phi) is 3.40. The minimum atomic E-state index is -8.17. The van der Waals surface area contributed by atoms with Gasteiger partial charge >= 0.3 is 23.3 Å². The molecule has 0 aliphatic carbocycles. The SMILES string of the molecule is CS(=O)(O)(O)C(C(F)(F)F)(C(F)(F)F)C(F)(F)F. The van der Waals surface area contributed by atoms with Crippen LogP contribution in [0.3, 0.4) is 0 Å². The standard InChI is InChI=1S/C5H5F9O3S/c1-18(15,16,17)2(3(6,7)8,4(9,10)11)5(12,13)14/h1H3,(H2,15,16,17). The second-order valence-corrected chi connectivity index (χ2v) is 6.48. The van der Waals surface area contributed by atoms with Crippen molar-refractivity contribution in [3.63, 3.8) is 0 Å². The van der Waals surface area contributed by atoms with Crippen molar-refractivity contribution in [3.8, 4) is 0 Å². The number of hydrogen-bond acceptors (Lipinski definition) is 1. The molecule has 18 heavy (non-hydrogen) atoms. The Morgan fingerprint density at radius 1 is 0.722 bits per heavy atom. The smallest absolute Gasteiger partial charge is 0.307 e. The maximum Gasteiger partial charge on any atom is 0.426 e. The molecule has 0 aromatic heterocycles. The molecule has 0 saturated heterocycles. The molecular formula is C5H5F9O3S. The minimum absolute atomic E-state index is 1.06. The van der Waals surface area contributed by atoms with Gasteiger partial charge in [0.25, 0.3) is 0 Å². The summed E-state index contributed by atoms with van der Waals surface area (Å²) < 4.78 is 130. The van der Waals surface area contributed by atoms with Gasteiger partial charge in [-0.2, -0.15) is 39.5 Å². The van der Waals surface area contributed by atoms with Crippen LogP contribution in [0.5, 0.6) is 0 Å². The van der Waals surface area contributed by atoms with E-state index < -0.39 is 39.2 Å². The summed E-state index contributed by atoms with van der Waals surface area (Å²) in [7, 11) is -8.17. The van der Waals surface area contributed by atoms with Gasteiger partial charge in [-0.05, 0) is 0 Å². The van der Waals surface area contributed by atoms with Gasteiger partial charge in [-0.15, -0.1) is 0 Å². The Bertz CT molecular complexity index is 349. The molecule has 13 heteroatoms. The third kappa shape index (κ3) is 2.18. The molecule has 0 aliphatic heterocycles. The molecule has 0 unspecified atom stereocenters. The highest BCUT2D eigenvalue weighted by Crippen LogP contribution is 2.61. The average molecular weight is 316 g/mol. The van der Waals surface area contributed by atoms with Crippen molar-refractivity contribution in [3.05, 3.63) is 0 Å². The Labute approximate surface area is 93.0 Å². The predicted octanol–water partition coefficient (Wildman–Crippen LogP) is 2.81. The maximum atomic E-state index is 12.2. The molecule has 0 fully saturated rings. The first-order valence-electron chi connectivity index (χ1n) is 3.60. The van der Waals surface area contributed by atoms with Crippen molar-refractivity contribution in [1.29, 1.82) is 0 Å². The highest BCUT2D eigenvalue weighted by Gasteiger charge is 2.93. The van der Waals surface area contributed by atoms with Crippen molar-refractivity contribution in [2.24, 2.45) is 0 Å². The Morgan fingerprint density at radius 2 is 0.889 bits per heavy atom. The van der Waals surface area contributed by atoms with E-state index in [0.717, 1.165) is 0 Å². The normalized spacial score (nSPS) is 18.3. The molecular weight excluding hydrogens is 311 g/mol. The van der Waals surface area contributed by atoms with Gasteiger partial charge in [0.2, 0.25) is 0 Å². The number of hydrogen-bond donors (Lipinski definition) is 2. The fourth-order valence-corrected chi connectivity index (χ4v) is 2.88. The van der Waals surface area contributed by atoms with E-state index in [1.807, 2.05) is 0 Å².